The van der Waals surface area contributed by atoms with Gasteiger partial charge in [-0.1, -0.05) is 37.3 Å². The van der Waals surface area contributed by atoms with Crippen molar-refractivity contribution >= 4 is 23.1 Å². The molecular weight excluding hydrogens is 483 g/mol. The molecule has 0 radical (unpaired) electrons. The summed E-state index contributed by atoms with van der Waals surface area (Å²) in [5.41, 5.74) is 1.33. The summed E-state index contributed by atoms with van der Waals surface area (Å²) in [5.74, 6) is 1.00. The van der Waals surface area contributed by atoms with Gasteiger partial charge in [0.15, 0.2) is 0 Å². The Kier molecular flexibility index (Phi) is 8.38. The van der Waals surface area contributed by atoms with E-state index in [0.717, 1.165) is 43.4 Å². The maximum atomic E-state index is 13.8. The van der Waals surface area contributed by atoms with Crippen LogP contribution in [0.2, 0.25) is 0 Å². The van der Waals surface area contributed by atoms with Crippen molar-refractivity contribution in [2.75, 3.05) is 42.3 Å². The van der Waals surface area contributed by atoms with Crippen LogP contribution in [-0.4, -0.2) is 41.9 Å². The first-order chi connectivity index (χ1) is 17.8. The number of hydrogen-bond acceptors (Lipinski definition) is 7. The molecule has 0 aliphatic carbocycles. The van der Waals surface area contributed by atoms with Crippen LogP contribution in [0.3, 0.4) is 0 Å². The van der Waals surface area contributed by atoms with Gasteiger partial charge in [-0.2, -0.15) is 18.2 Å². The third-order valence-electron chi connectivity index (χ3n) is 6.59. The molecule has 7 nitrogen and oxygen atoms in total. The predicted molar refractivity (Wildman–Crippen MR) is 138 cm³/mol. The maximum absolute atomic E-state index is 13.8. The molecule has 3 N–H and O–H groups in total. The molecular formula is C27H32F3N5O2. The Labute approximate surface area is 214 Å². The number of aliphatic hydroxyl groups is 1. The van der Waals surface area contributed by atoms with Crippen molar-refractivity contribution in [1.29, 1.82) is 0 Å². The van der Waals surface area contributed by atoms with Crippen LogP contribution in [0.1, 0.15) is 43.4 Å². The van der Waals surface area contributed by atoms with E-state index in [1.54, 1.807) is 37.4 Å². The van der Waals surface area contributed by atoms with E-state index < -0.39 is 17.8 Å². The van der Waals surface area contributed by atoms with E-state index in [1.165, 1.54) is 0 Å². The van der Waals surface area contributed by atoms with Crippen LogP contribution in [0.5, 0.6) is 5.75 Å². The SMILES string of the molecule is COc1cc(Nc2ncc(C(F)(F)F)c(NC(CCO)c3ccccc3)n2)ccc1N1CCC(C)CC1. The highest BCUT2D eigenvalue weighted by molar-refractivity contribution is 5.68. The van der Waals surface area contributed by atoms with Crippen molar-refractivity contribution in [3.05, 3.63) is 65.9 Å². The first-order valence-electron chi connectivity index (χ1n) is 12.3. The van der Waals surface area contributed by atoms with Gasteiger partial charge in [0.1, 0.15) is 17.1 Å². The van der Waals surface area contributed by atoms with Crippen LogP contribution in [0.15, 0.2) is 54.7 Å². The number of rotatable bonds is 9. The lowest BCUT2D eigenvalue weighted by Gasteiger charge is -2.33. The number of nitrogens with zero attached hydrogens (tertiary/aromatic N) is 3. The van der Waals surface area contributed by atoms with E-state index in [2.05, 4.69) is 32.4 Å². The molecule has 1 atom stereocenters. The number of benzene rings is 2. The van der Waals surface area contributed by atoms with Crippen molar-refractivity contribution in [2.24, 2.45) is 5.92 Å². The molecule has 10 heteroatoms. The monoisotopic (exact) mass is 515 g/mol. The van der Waals surface area contributed by atoms with E-state index in [9.17, 15) is 18.3 Å². The highest BCUT2D eigenvalue weighted by Crippen LogP contribution is 2.37. The summed E-state index contributed by atoms with van der Waals surface area (Å²) in [6.45, 7) is 3.93. The van der Waals surface area contributed by atoms with Crippen LogP contribution >= 0.6 is 0 Å². The number of halogens is 3. The maximum Gasteiger partial charge on any atom is 0.421 e. The van der Waals surface area contributed by atoms with Crippen LogP contribution in [0.25, 0.3) is 0 Å². The van der Waals surface area contributed by atoms with Crippen molar-refractivity contribution < 1.29 is 23.0 Å². The lowest BCUT2D eigenvalue weighted by Crippen LogP contribution is -2.33. The molecule has 2 aromatic carbocycles. The summed E-state index contributed by atoms with van der Waals surface area (Å²) in [6, 6.07) is 14.0. The Bertz CT molecular complexity index is 1170. The van der Waals surface area contributed by atoms with E-state index in [1.807, 2.05) is 18.2 Å². The summed E-state index contributed by atoms with van der Waals surface area (Å²) in [5, 5.41) is 15.4. The molecule has 0 spiro atoms. The Morgan fingerprint density at radius 3 is 2.51 bits per heavy atom. The van der Waals surface area contributed by atoms with E-state index in [0.29, 0.717) is 17.4 Å². The topological polar surface area (TPSA) is 82.5 Å². The third-order valence-corrected chi connectivity index (χ3v) is 6.59. The largest absolute Gasteiger partial charge is 0.495 e. The molecule has 1 saturated heterocycles. The number of ether oxygens (including phenoxy) is 1. The number of nitrogens with one attached hydrogen (secondary N) is 2. The molecule has 1 aliphatic heterocycles. The minimum Gasteiger partial charge on any atom is -0.495 e. The fraction of sp³-hybridized carbons (Fsp3) is 0.407. The minimum atomic E-state index is -4.65. The van der Waals surface area contributed by atoms with Gasteiger partial charge in [0.05, 0.1) is 18.8 Å². The second-order valence-corrected chi connectivity index (χ2v) is 9.25. The third kappa shape index (κ3) is 6.62. The Hall–Kier alpha value is -3.53. The lowest BCUT2D eigenvalue weighted by molar-refractivity contribution is -0.137. The summed E-state index contributed by atoms with van der Waals surface area (Å²) in [6.07, 6.45) is -1.46. The molecule has 198 valence electrons. The summed E-state index contributed by atoms with van der Waals surface area (Å²) in [4.78, 5) is 10.4. The highest BCUT2D eigenvalue weighted by Gasteiger charge is 2.36. The number of aromatic nitrogens is 2. The smallest absolute Gasteiger partial charge is 0.421 e. The average Bonchev–Trinajstić information content (AvgIpc) is 2.89. The van der Waals surface area contributed by atoms with Crippen LogP contribution in [-0.2, 0) is 6.18 Å². The number of piperidine rings is 1. The van der Waals surface area contributed by atoms with Crippen LogP contribution in [0.4, 0.5) is 36.3 Å². The molecule has 1 unspecified atom stereocenters. The Morgan fingerprint density at radius 1 is 1.14 bits per heavy atom. The predicted octanol–water partition coefficient (Wildman–Crippen LogP) is 6.02. The number of hydrogen-bond donors (Lipinski definition) is 3. The molecule has 4 rings (SSSR count). The lowest BCUT2D eigenvalue weighted by atomic mass is 9.98. The average molecular weight is 516 g/mol. The zero-order chi connectivity index (χ0) is 26.4. The first-order valence-corrected chi connectivity index (χ1v) is 12.3. The van der Waals surface area contributed by atoms with Crippen molar-refractivity contribution in [1.82, 2.24) is 9.97 Å². The minimum absolute atomic E-state index is 0.00732. The van der Waals surface area contributed by atoms with Gasteiger partial charge < -0.3 is 25.4 Å². The molecule has 3 aromatic rings. The molecule has 2 heterocycles. The van der Waals surface area contributed by atoms with Gasteiger partial charge in [0.2, 0.25) is 5.95 Å². The van der Waals surface area contributed by atoms with E-state index in [4.69, 9.17) is 4.74 Å². The number of methoxy groups -OCH3 is 1. The quantitative estimate of drug-likeness (QED) is 0.322. The summed E-state index contributed by atoms with van der Waals surface area (Å²) < 4.78 is 46.9. The van der Waals surface area contributed by atoms with Gasteiger partial charge in [-0.3, -0.25) is 0 Å². The highest BCUT2D eigenvalue weighted by atomic mass is 19.4. The molecule has 0 amide bonds. The normalized spacial score (nSPS) is 15.4. The van der Waals surface area contributed by atoms with Crippen LogP contribution < -0.4 is 20.3 Å². The summed E-state index contributed by atoms with van der Waals surface area (Å²) in [7, 11) is 1.59. The van der Waals surface area contributed by atoms with Gasteiger partial charge >= 0.3 is 6.18 Å². The van der Waals surface area contributed by atoms with Gasteiger partial charge in [-0.25, -0.2) is 4.98 Å². The van der Waals surface area contributed by atoms with Crippen LogP contribution in [0, 0.1) is 5.92 Å². The van der Waals surface area contributed by atoms with Gasteiger partial charge in [0.25, 0.3) is 0 Å². The molecule has 0 saturated carbocycles. The zero-order valence-corrected chi connectivity index (χ0v) is 20.9. The Balaban J connectivity index is 1.60. The number of anilines is 4. The standard InChI is InChI=1S/C27H32F3N5O2/c1-18-10-13-35(14-11-18)23-9-8-20(16-24(23)37-2)32-26-31-17-21(27(28,29)30)25(34-26)33-22(12-15-36)19-6-4-3-5-7-19/h3-9,16-18,22,36H,10-15H2,1-2H3,(H2,31,32,33,34). The fourth-order valence-corrected chi connectivity index (χ4v) is 4.46. The van der Waals surface area contributed by atoms with Gasteiger partial charge in [-0.15, -0.1) is 0 Å². The number of alkyl halides is 3. The molecule has 0 bridgehead atoms. The van der Waals surface area contributed by atoms with Gasteiger partial charge in [0, 0.05) is 37.6 Å². The first kappa shape index (κ1) is 26.5. The van der Waals surface area contributed by atoms with E-state index >= 15 is 0 Å². The fourth-order valence-electron chi connectivity index (χ4n) is 4.46. The van der Waals surface area contributed by atoms with Crippen molar-refractivity contribution in [3.8, 4) is 5.75 Å². The van der Waals surface area contributed by atoms with Crippen molar-refractivity contribution in [3.63, 3.8) is 0 Å². The molecule has 1 aliphatic rings. The second kappa shape index (κ2) is 11.7. The molecule has 37 heavy (non-hydrogen) atoms. The Morgan fingerprint density at radius 2 is 1.86 bits per heavy atom. The number of aliphatic hydroxyl groups excluding tert-OH is 1. The van der Waals surface area contributed by atoms with E-state index in [-0.39, 0.29) is 24.8 Å². The van der Waals surface area contributed by atoms with Gasteiger partial charge in [-0.05, 0) is 42.9 Å². The zero-order valence-electron chi connectivity index (χ0n) is 20.9. The second-order valence-electron chi connectivity index (χ2n) is 9.25. The molecule has 1 fully saturated rings. The van der Waals surface area contributed by atoms with Crippen molar-refractivity contribution in [2.45, 2.75) is 38.4 Å². The molecule has 1 aromatic heterocycles. The summed E-state index contributed by atoms with van der Waals surface area (Å²) >= 11 is 0.